The summed E-state index contributed by atoms with van der Waals surface area (Å²) in [6.07, 6.45) is -2.44. The van der Waals surface area contributed by atoms with Crippen LogP contribution in [0.4, 0.5) is 13.2 Å². The summed E-state index contributed by atoms with van der Waals surface area (Å²) in [4.78, 5) is 30.4. The summed E-state index contributed by atoms with van der Waals surface area (Å²) in [5.74, 6) is -2.95. The number of aryl methyl sites for hydroxylation is 3. The Kier molecular flexibility index (Phi) is 11.3. The van der Waals surface area contributed by atoms with Crippen molar-refractivity contribution < 1.29 is 50.1 Å². The van der Waals surface area contributed by atoms with E-state index < -0.39 is 56.5 Å². The molecule has 0 saturated carbocycles. The third-order valence-corrected chi connectivity index (χ3v) is 12.4. The second-order valence-electron chi connectivity index (χ2n) is 16.3. The highest BCUT2D eigenvalue weighted by Crippen LogP contribution is 2.45. The number of hydrogen-bond acceptors (Lipinski definition) is 11. The lowest BCUT2D eigenvalue weighted by atomic mass is 9.70. The van der Waals surface area contributed by atoms with Crippen molar-refractivity contribution in [2.45, 2.75) is 109 Å². The summed E-state index contributed by atoms with van der Waals surface area (Å²) in [5, 5.41) is 7.26. The SMILES string of the molecule is COC(=O)C(C)(C)[C@H](c1ccc(C)c(CN2CC3(CCOCC3)Oc3nc(CCC(=O)OC(C)(C)C)ccc3S2(=O)=O)c1)c1ccn2c(C(F)(F)F)nnc2c1C. The standard InChI is InChI=1S/C40H48F3N5O8S/c1-24-9-10-26(32(38(6,7)36(50)53-8)29-15-18-48-33(25(29)2)45-46-35(48)40(41,42)43)21-27(24)22-47-23-39(16-19-54-20-17-39)56-34-30(57(47,51)52)13-11-28(44-34)12-14-31(49)55-37(3,4)5/h9-11,13,15,18,21,32H,12,14,16-17,19-20,22-23H2,1-8H3/t32-/m1/s1. The number of hydrogen-bond donors (Lipinski definition) is 0. The number of halogens is 3. The van der Waals surface area contributed by atoms with Crippen molar-refractivity contribution in [3.8, 4) is 5.88 Å². The largest absolute Gasteiger partial charge is 0.469 e. The summed E-state index contributed by atoms with van der Waals surface area (Å²) in [6.45, 7) is 12.8. The number of methoxy groups -OCH3 is 1. The highest BCUT2D eigenvalue weighted by Gasteiger charge is 2.47. The van der Waals surface area contributed by atoms with Gasteiger partial charge in [-0.2, -0.15) is 17.5 Å². The van der Waals surface area contributed by atoms with E-state index in [0.29, 0.717) is 54.0 Å². The van der Waals surface area contributed by atoms with E-state index in [1.165, 1.54) is 29.7 Å². The molecule has 2 aliphatic rings. The molecule has 0 aliphatic carbocycles. The van der Waals surface area contributed by atoms with Crippen molar-refractivity contribution in [1.29, 1.82) is 0 Å². The molecular formula is C40H48F3N5O8S. The molecular weight excluding hydrogens is 768 g/mol. The van der Waals surface area contributed by atoms with Gasteiger partial charge in [-0.05, 0) is 94.5 Å². The van der Waals surface area contributed by atoms with E-state index in [0.717, 1.165) is 9.96 Å². The normalized spacial score (nSPS) is 17.7. The van der Waals surface area contributed by atoms with Gasteiger partial charge in [0.05, 0.1) is 38.7 Å². The van der Waals surface area contributed by atoms with Crippen LogP contribution in [0.3, 0.4) is 0 Å². The predicted octanol–water partition coefficient (Wildman–Crippen LogP) is 6.50. The van der Waals surface area contributed by atoms with E-state index >= 15 is 0 Å². The van der Waals surface area contributed by atoms with Crippen molar-refractivity contribution in [2.75, 3.05) is 26.9 Å². The topological polar surface area (TPSA) is 152 Å². The number of esters is 2. The maximum absolute atomic E-state index is 14.6. The number of benzene rings is 1. The molecule has 4 aromatic rings. The Morgan fingerprint density at radius 2 is 1.70 bits per heavy atom. The van der Waals surface area contributed by atoms with Crippen LogP contribution in [0.2, 0.25) is 0 Å². The predicted molar refractivity (Wildman–Crippen MR) is 201 cm³/mol. The third-order valence-electron chi connectivity index (χ3n) is 10.6. The summed E-state index contributed by atoms with van der Waals surface area (Å²) >= 11 is 0. The van der Waals surface area contributed by atoms with Crippen LogP contribution in [0.15, 0.2) is 47.5 Å². The molecule has 13 nitrogen and oxygen atoms in total. The molecule has 3 aromatic heterocycles. The zero-order chi connectivity index (χ0) is 41.7. The lowest BCUT2D eigenvalue weighted by Gasteiger charge is -2.38. The van der Waals surface area contributed by atoms with Gasteiger partial charge < -0.3 is 18.9 Å². The average Bonchev–Trinajstić information content (AvgIpc) is 3.55. The zero-order valence-corrected chi connectivity index (χ0v) is 34.1. The summed E-state index contributed by atoms with van der Waals surface area (Å²) in [6, 6.07) is 10.0. The minimum absolute atomic E-state index is 0.00670. The van der Waals surface area contributed by atoms with Crippen LogP contribution in [0.25, 0.3) is 5.65 Å². The number of carbonyl (C=O) groups is 2. The molecule has 6 rings (SSSR count). The molecule has 0 amide bonds. The van der Waals surface area contributed by atoms with Gasteiger partial charge in [-0.25, -0.2) is 13.4 Å². The fraction of sp³-hybridized carbons (Fsp3) is 0.525. The molecule has 17 heteroatoms. The first kappa shape index (κ1) is 42.0. The van der Waals surface area contributed by atoms with Crippen LogP contribution in [0, 0.1) is 19.3 Å². The van der Waals surface area contributed by atoms with Gasteiger partial charge in [-0.3, -0.25) is 14.0 Å². The minimum Gasteiger partial charge on any atom is -0.469 e. The lowest BCUT2D eigenvalue weighted by molar-refractivity contribution is -0.155. The maximum atomic E-state index is 14.6. The summed E-state index contributed by atoms with van der Waals surface area (Å²) in [7, 11) is -2.96. The molecule has 5 heterocycles. The monoisotopic (exact) mass is 815 g/mol. The van der Waals surface area contributed by atoms with E-state index in [1.54, 1.807) is 47.6 Å². The van der Waals surface area contributed by atoms with E-state index in [-0.39, 0.29) is 42.4 Å². The number of sulfonamides is 1. The molecule has 1 fully saturated rings. The quantitative estimate of drug-likeness (QED) is 0.170. The number of fused-ring (bicyclic) bond motifs is 2. The fourth-order valence-corrected chi connectivity index (χ4v) is 9.17. The van der Waals surface area contributed by atoms with E-state index in [9.17, 15) is 31.2 Å². The third kappa shape index (κ3) is 8.51. The summed E-state index contributed by atoms with van der Waals surface area (Å²) < 4.78 is 95.6. The van der Waals surface area contributed by atoms with Gasteiger partial charge in [0.25, 0.3) is 0 Å². The van der Waals surface area contributed by atoms with Gasteiger partial charge in [0.1, 0.15) is 16.1 Å². The van der Waals surface area contributed by atoms with Gasteiger partial charge in [-0.15, -0.1) is 10.2 Å². The first-order valence-corrected chi connectivity index (χ1v) is 20.1. The number of rotatable bonds is 9. The van der Waals surface area contributed by atoms with Crippen molar-refractivity contribution in [2.24, 2.45) is 5.41 Å². The average molecular weight is 816 g/mol. The molecule has 1 saturated heterocycles. The van der Waals surface area contributed by atoms with Crippen molar-refractivity contribution in [3.63, 3.8) is 0 Å². The second-order valence-corrected chi connectivity index (χ2v) is 18.2. The van der Waals surface area contributed by atoms with Gasteiger partial charge in [0.15, 0.2) is 5.65 Å². The molecule has 1 atom stereocenters. The highest BCUT2D eigenvalue weighted by molar-refractivity contribution is 7.89. The fourth-order valence-electron chi connectivity index (χ4n) is 7.62. The zero-order valence-electron chi connectivity index (χ0n) is 33.3. The number of ether oxygens (including phenoxy) is 4. The van der Waals surface area contributed by atoms with Crippen LogP contribution < -0.4 is 4.74 Å². The Morgan fingerprint density at radius 3 is 2.35 bits per heavy atom. The second kappa shape index (κ2) is 15.3. The maximum Gasteiger partial charge on any atom is 0.452 e. The molecule has 0 N–H and O–H groups in total. The number of carbonyl (C=O) groups excluding carboxylic acids is 2. The number of aromatic nitrogens is 4. The van der Waals surface area contributed by atoms with Gasteiger partial charge in [-0.1, -0.05) is 18.2 Å². The first-order valence-electron chi connectivity index (χ1n) is 18.6. The summed E-state index contributed by atoms with van der Waals surface area (Å²) in [5.41, 5.74) is 0.501. The molecule has 308 valence electrons. The molecule has 0 bridgehead atoms. The lowest BCUT2D eigenvalue weighted by Crippen LogP contribution is -2.50. The van der Waals surface area contributed by atoms with Crippen LogP contribution in [-0.4, -0.2) is 82.3 Å². The van der Waals surface area contributed by atoms with Gasteiger partial charge in [0, 0.05) is 43.6 Å². The number of nitrogens with zero attached hydrogens (tertiary/aromatic N) is 5. The number of alkyl halides is 3. The Balaban J connectivity index is 1.40. The molecule has 2 aliphatic heterocycles. The van der Waals surface area contributed by atoms with Crippen molar-refractivity contribution in [1.82, 2.24) is 23.9 Å². The van der Waals surface area contributed by atoms with Crippen LogP contribution in [0.1, 0.15) is 99.1 Å². The molecule has 0 unspecified atom stereocenters. The van der Waals surface area contributed by atoms with Gasteiger partial charge >= 0.3 is 18.1 Å². The smallest absolute Gasteiger partial charge is 0.452 e. The molecule has 1 aromatic carbocycles. The number of pyridine rings is 2. The highest BCUT2D eigenvalue weighted by atomic mass is 32.2. The Morgan fingerprint density at radius 1 is 1.00 bits per heavy atom. The van der Waals surface area contributed by atoms with Crippen LogP contribution in [0.5, 0.6) is 5.88 Å². The van der Waals surface area contributed by atoms with Crippen molar-refractivity contribution in [3.05, 3.63) is 81.9 Å². The molecule has 0 radical (unpaired) electrons. The van der Waals surface area contributed by atoms with Crippen LogP contribution >= 0.6 is 0 Å². The van der Waals surface area contributed by atoms with Crippen molar-refractivity contribution >= 4 is 27.6 Å². The Bertz CT molecular complexity index is 2300. The van der Waals surface area contributed by atoms with E-state index in [1.807, 2.05) is 25.1 Å². The first-order chi connectivity index (χ1) is 26.6. The van der Waals surface area contributed by atoms with Gasteiger partial charge in [0.2, 0.25) is 21.7 Å². The Hall–Kier alpha value is -4.61. The Labute approximate surface area is 329 Å². The molecule has 1 spiro atoms. The van der Waals surface area contributed by atoms with E-state index in [2.05, 4.69) is 15.2 Å². The van der Waals surface area contributed by atoms with E-state index in [4.69, 9.17) is 18.9 Å². The van der Waals surface area contributed by atoms with Crippen LogP contribution in [-0.2, 0) is 53.0 Å². The molecule has 57 heavy (non-hydrogen) atoms. The minimum atomic E-state index is -4.74.